The number of halogens is 1. The molecule has 0 aliphatic heterocycles. The number of carbonyl (C=O) groups excluding carboxylic acids is 1. The van der Waals surface area contributed by atoms with Crippen molar-refractivity contribution in [3.63, 3.8) is 0 Å². The summed E-state index contributed by atoms with van der Waals surface area (Å²) < 4.78 is 13.4. The number of anilines is 1. The van der Waals surface area contributed by atoms with Crippen molar-refractivity contribution in [1.29, 1.82) is 0 Å². The molecule has 0 spiro atoms. The lowest BCUT2D eigenvalue weighted by atomic mass is 10.3. The minimum atomic E-state index is -0.466. The van der Waals surface area contributed by atoms with E-state index in [-0.39, 0.29) is 11.6 Å². The summed E-state index contributed by atoms with van der Waals surface area (Å²) in [6, 6.07) is 6.02. The van der Waals surface area contributed by atoms with Gasteiger partial charge in [-0.1, -0.05) is 12.1 Å². The molecule has 6 heteroatoms. The fourth-order valence-corrected chi connectivity index (χ4v) is 2.33. The summed E-state index contributed by atoms with van der Waals surface area (Å²) in [5.41, 5.74) is 6.23. The number of nitrogens with zero attached hydrogens (tertiary/aromatic N) is 1. The van der Waals surface area contributed by atoms with Gasteiger partial charge in [0.1, 0.15) is 15.7 Å². The highest BCUT2D eigenvalue weighted by Gasteiger charge is 2.15. The molecule has 0 saturated carbocycles. The first-order chi connectivity index (χ1) is 8.61. The molecule has 0 atom stereocenters. The monoisotopic (exact) mass is 265 g/mol. The molecule has 0 radical (unpaired) electrons. The van der Waals surface area contributed by atoms with E-state index >= 15 is 0 Å². The molecule has 0 saturated heterocycles. The summed E-state index contributed by atoms with van der Waals surface area (Å²) in [4.78, 5) is 16.6. The maximum absolute atomic E-state index is 13.4. The van der Waals surface area contributed by atoms with Gasteiger partial charge in [-0.15, -0.1) is 11.3 Å². The molecule has 1 heterocycles. The van der Waals surface area contributed by atoms with Gasteiger partial charge in [0, 0.05) is 6.54 Å². The number of benzene rings is 1. The molecule has 94 valence electrons. The molecule has 18 heavy (non-hydrogen) atoms. The van der Waals surface area contributed by atoms with Crippen molar-refractivity contribution in [2.45, 2.75) is 13.5 Å². The number of thiazole rings is 1. The summed E-state index contributed by atoms with van der Waals surface area (Å²) in [6.07, 6.45) is 0. The van der Waals surface area contributed by atoms with Crippen LogP contribution in [0.2, 0.25) is 0 Å². The maximum atomic E-state index is 13.4. The van der Waals surface area contributed by atoms with Crippen LogP contribution >= 0.6 is 11.3 Å². The zero-order valence-electron chi connectivity index (χ0n) is 9.74. The van der Waals surface area contributed by atoms with Crippen molar-refractivity contribution in [2.75, 3.05) is 5.32 Å². The van der Waals surface area contributed by atoms with Crippen LogP contribution in [-0.2, 0) is 6.54 Å². The highest BCUT2D eigenvalue weighted by Crippen LogP contribution is 2.20. The van der Waals surface area contributed by atoms with Crippen LogP contribution in [0, 0.1) is 12.7 Å². The average Bonchev–Trinajstić information content (AvgIpc) is 2.73. The van der Waals surface area contributed by atoms with E-state index in [9.17, 15) is 9.18 Å². The normalized spacial score (nSPS) is 10.4. The van der Waals surface area contributed by atoms with Gasteiger partial charge >= 0.3 is 0 Å². The summed E-state index contributed by atoms with van der Waals surface area (Å²) in [5.74, 6) is -0.832. The molecular weight excluding hydrogens is 253 g/mol. The Kier molecular flexibility index (Phi) is 3.69. The zero-order chi connectivity index (χ0) is 13.1. The predicted octanol–water partition coefficient (Wildman–Crippen LogP) is 2.30. The number of para-hydroxylation sites is 1. The van der Waals surface area contributed by atoms with Gasteiger partial charge in [-0.3, -0.25) is 4.79 Å². The molecule has 4 nitrogen and oxygen atoms in total. The number of aryl methyl sites for hydroxylation is 1. The van der Waals surface area contributed by atoms with Crippen LogP contribution in [0.25, 0.3) is 0 Å². The second kappa shape index (κ2) is 5.24. The molecule has 0 fully saturated rings. The molecule has 0 aliphatic carbocycles. The largest absolute Gasteiger partial charge is 0.325 e. The van der Waals surface area contributed by atoms with Crippen LogP contribution in [0.3, 0.4) is 0 Å². The topological polar surface area (TPSA) is 68.0 Å². The van der Waals surface area contributed by atoms with E-state index in [0.717, 1.165) is 0 Å². The summed E-state index contributed by atoms with van der Waals surface area (Å²) in [7, 11) is 0. The van der Waals surface area contributed by atoms with E-state index in [1.807, 2.05) is 0 Å². The Hall–Kier alpha value is -1.79. The molecule has 1 aromatic carbocycles. The van der Waals surface area contributed by atoms with E-state index < -0.39 is 5.82 Å². The Bertz CT molecular complexity index is 582. The number of hydrogen-bond donors (Lipinski definition) is 2. The van der Waals surface area contributed by atoms with Crippen LogP contribution in [-0.4, -0.2) is 10.9 Å². The lowest BCUT2D eigenvalue weighted by Gasteiger charge is -2.04. The number of hydrogen-bond acceptors (Lipinski definition) is 4. The Morgan fingerprint density at radius 2 is 2.22 bits per heavy atom. The van der Waals surface area contributed by atoms with Gasteiger partial charge in [0.2, 0.25) is 0 Å². The molecule has 0 bridgehead atoms. The zero-order valence-corrected chi connectivity index (χ0v) is 10.6. The summed E-state index contributed by atoms with van der Waals surface area (Å²) in [5, 5.41) is 3.21. The first kappa shape index (κ1) is 12.7. The van der Waals surface area contributed by atoms with Crippen molar-refractivity contribution in [3.8, 4) is 0 Å². The third kappa shape index (κ3) is 2.55. The fraction of sp³-hybridized carbons (Fsp3) is 0.167. The van der Waals surface area contributed by atoms with E-state index in [2.05, 4.69) is 10.3 Å². The van der Waals surface area contributed by atoms with Crippen molar-refractivity contribution in [2.24, 2.45) is 5.73 Å². The first-order valence-corrected chi connectivity index (χ1v) is 6.15. The molecule has 1 amide bonds. The molecular formula is C12H12FN3OS. The maximum Gasteiger partial charge on any atom is 0.267 e. The standard InChI is InChI=1S/C12H12FN3OS/c1-7-11(18-10(6-14)15-7)12(17)16-9-5-3-2-4-8(9)13/h2-5H,6,14H2,1H3,(H,16,17). The van der Waals surface area contributed by atoms with Gasteiger partial charge in [0.05, 0.1) is 11.4 Å². The summed E-state index contributed by atoms with van der Waals surface area (Å²) in [6.45, 7) is 2.02. The van der Waals surface area contributed by atoms with Crippen LogP contribution in [0.4, 0.5) is 10.1 Å². The van der Waals surface area contributed by atoms with E-state index in [4.69, 9.17) is 5.73 Å². The predicted molar refractivity (Wildman–Crippen MR) is 69.1 cm³/mol. The van der Waals surface area contributed by atoms with Gasteiger partial charge in [-0.05, 0) is 19.1 Å². The van der Waals surface area contributed by atoms with Crippen LogP contribution in [0.5, 0.6) is 0 Å². The number of nitrogens with one attached hydrogen (secondary N) is 1. The van der Waals surface area contributed by atoms with Gasteiger partial charge < -0.3 is 11.1 Å². The minimum Gasteiger partial charge on any atom is -0.325 e. The van der Waals surface area contributed by atoms with Crippen molar-refractivity contribution in [3.05, 3.63) is 45.7 Å². The van der Waals surface area contributed by atoms with Crippen LogP contribution in [0.1, 0.15) is 20.4 Å². The third-order valence-corrected chi connectivity index (χ3v) is 3.52. The molecule has 3 N–H and O–H groups in total. The SMILES string of the molecule is Cc1nc(CN)sc1C(=O)Nc1ccccc1F. The first-order valence-electron chi connectivity index (χ1n) is 5.34. The number of amides is 1. The van der Waals surface area contributed by atoms with Crippen molar-refractivity contribution >= 4 is 22.9 Å². The number of carbonyl (C=O) groups is 1. The van der Waals surface area contributed by atoms with Gasteiger partial charge in [0.25, 0.3) is 5.91 Å². The Balaban J connectivity index is 2.22. The van der Waals surface area contributed by atoms with Crippen LogP contribution < -0.4 is 11.1 Å². The van der Waals surface area contributed by atoms with Gasteiger partial charge in [-0.2, -0.15) is 0 Å². The van der Waals surface area contributed by atoms with E-state index in [1.54, 1.807) is 19.1 Å². The molecule has 2 aromatic rings. The molecule has 0 aliphatic rings. The lowest BCUT2D eigenvalue weighted by Crippen LogP contribution is -2.12. The van der Waals surface area contributed by atoms with Gasteiger partial charge in [0.15, 0.2) is 0 Å². The Labute approximate surface area is 108 Å². The smallest absolute Gasteiger partial charge is 0.267 e. The second-order valence-corrected chi connectivity index (χ2v) is 4.74. The fourth-order valence-electron chi connectivity index (χ4n) is 1.49. The van der Waals surface area contributed by atoms with E-state index in [1.165, 1.54) is 23.5 Å². The number of aromatic nitrogens is 1. The lowest BCUT2D eigenvalue weighted by molar-refractivity contribution is 0.102. The van der Waals surface area contributed by atoms with Crippen molar-refractivity contribution in [1.82, 2.24) is 4.98 Å². The highest BCUT2D eigenvalue weighted by atomic mass is 32.1. The summed E-state index contributed by atoms with van der Waals surface area (Å²) >= 11 is 1.22. The van der Waals surface area contributed by atoms with Crippen LogP contribution in [0.15, 0.2) is 24.3 Å². The average molecular weight is 265 g/mol. The van der Waals surface area contributed by atoms with Gasteiger partial charge in [-0.25, -0.2) is 9.37 Å². The Morgan fingerprint density at radius 3 is 2.83 bits per heavy atom. The third-order valence-electron chi connectivity index (χ3n) is 2.34. The second-order valence-electron chi connectivity index (χ2n) is 3.66. The minimum absolute atomic E-state index is 0.157. The molecule has 1 aromatic heterocycles. The number of nitrogens with two attached hydrogens (primary N) is 1. The van der Waals surface area contributed by atoms with E-state index in [0.29, 0.717) is 22.1 Å². The molecule has 2 rings (SSSR count). The quantitative estimate of drug-likeness (QED) is 0.894. The molecule has 0 unspecified atom stereocenters. The van der Waals surface area contributed by atoms with Crippen molar-refractivity contribution < 1.29 is 9.18 Å². The highest BCUT2D eigenvalue weighted by molar-refractivity contribution is 7.13. The Morgan fingerprint density at radius 1 is 1.50 bits per heavy atom. The number of rotatable bonds is 3.